The summed E-state index contributed by atoms with van der Waals surface area (Å²) in [7, 11) is -3.58. The molecule has 2 rings (SSSR count). The van der Waals surface area contributed by atoms with Crippen molar-refractivity contribution in [3.8, 4) is 0 Å². The first-order valence-electron chi connectivity index (χ1n) is 7.26. The first-order chi connectivity index (χ1) is 9.79. The second-order valence-corrected chi connectivity index (χ2v) is 7.44. The highest BCUT2D eigenvalue weighted by atomic mass is 32.2. The Morgan fingerprint density at radius 2 is 2.14 bits per heavy atom. The molecule has 2 heterocycles. The zero-order valence-electron chi connectivity index (χ0n) is 13.0. The van der Waals surface area contributed by atoms with Crippen molar-refractivity contribution in [1.29, 1.82) is 0 Å². The molecule has 2 N–H and O–H groups in total. The first kappa shape index (κ1) is 16.5. The zero-order valence-corrected chi connectivity index (χ0v) is 13.8. The molecule has 1 aromatic rings. The fourth-order valence-corrected chi connectivity index (χ4v) is 3.87. The predicted molar refractivity (Wildman–Crippen MR) is 79.6 cm³/mol. The van der Waals surface area contributed by atoms with E-state index in [2.05, 4.69) is 10.0 Å². The molecule has 21 heavy (non-hydrogen) atoms. The lowest BCUT2D eigenvalue weighted by molar-refractivity contribution is 0.117. The van der Waals surface area contributed by atoms with Gasteiger partial charge in [-0.2, -0.15) is 0 Å². The molecule has 2 atom stereocenters. The fourth-order valence-electron chi connectivity index (χ4n) is 2.33. The molecule has 1 aliphatic heterocycles. The van der Waals surface area contributed by atoms with Gasteiger partial charge in [-0.1, -0.05) is 13.8 Å². The third-order valence-corrected chi connectivity index (χ3v) is 5.18. The van der Waals surface area contributed by atoms with E-state index >= 15 is 0 Å². The summed E-state index contributed by atoms with van der Waals surface area (Å²) in [5, 5.41) is 3.20. The number of aryl methyl sites for hydroxylation is 1. The van der Waals surface area contributed by atoms with E-state index in [1.54, 1.807) is 13.0 Å². The van der Waals surface area contributed by atoms with Gasteiger partial charge >= 0.3 is 0 Å². The summed E-state index contributed by atoms with van der Waals surface area (Å²) in [6.45, 7) is 8.69. The summed E-state index contributed by atoms with van der Waals surface area (Å²) in [6.07, 6.45) is 0.591. The fraction of sp³-hybridized carbons (Fsp3) is 0.714. The zero-order chi connectivity index (χ0) is 15.6. The van der Waals surface area contributed by atoms with E-state index in [0.717, 1.165) is 0 Å². The quantitative estimate of drug-likeness (QED) is 0.832. The number of hydrogen-bond acceptors (Lipinski definition) is 5. The molecule has 1 aromatic heterocycles. The van der Waals surface area contributed by atoms with Gasteiger partial charge in [-0.05, 0) is 20.3 Å². The van der Waals surface area contributed by atoms with Crippen LogP contribution in [0.15, 0.2) is 15.4 Å². The lowest BCUT2D eigenvalue weighted by Crippen LogP contribution is -2.39. The van der Waals surface area contributed by atoms with Crippen molar-refractivity contribution in [2.75, 3.05) is 6.61 Å². The number of sulfonamides is 1. The molecular weight excluding hydrogens is 292 g/mol. The van der Waals surface area contributed by atoms with Crippen molar-refractivity contribution < 1.29 is 17.6 Å². The average Bonchev–Trinajstić information content (AvgIpc) is 2.94. The van der Waals surface area contributed by atoms with Crippen LogP contribution in [0.4, 0.5) is 0 Å². The molecule has 0 radical (unpaired) electrons. The Bertz CT molecular complexity index is 580. The van der Waals surface area contributed by atoms with Gasteiger partial charge in [0.25, 0.3) is 0 Å². The Hall–Kier alpha value is -0.890. The lowest BCUT2D eigenvalue weighted by atomic mass is 10.2. The van der Waals surface area contributed by atoms with E-state index in [-0.39, 0.29) is 17.0 Å². The highest BCUT2D eigenvalue weighted by Crippen LogP contribution is 2.22. The normalized spacial score (nSPS) is 23.1. The Morgan fingerprint density at radius 1 is 1.43 bits per heavy atom. The van der Waals surface area contributed by atoms with Gasteiger partial charge in [0.15, 0.2) is 0 Å². The Kier molecular flexibility index (Phi) is 5.08. The third-order valence-electron chi connectivity index (χ3n) is 3.58. The van der Waals surface area contributed by atoms with Gasteiger partial charge in [0.05, 0.1) is 18.7 Å². The van der Waals surface area contributed by atoms with Crippen molar-refractivity contribution >= 4 is 10.0 Å². The molecule has 0 saturated carbocycles. The summed E-state index contributed by atoms with van der Waals surface area (Å²) in [5.74, 6) is 1.03. The average molecular weight is 316 g/mol. The van der Waals surface area contributed by atoms with Gasteiger partial charge < -0.3 is 14.5 Å². The minimum Gasteiger partial charge on any atom is -0.464 e. The van der Waals surface area contributed by atoms with E-state index in [1.165, 1.54) is 0 Å². The maximum atomic E-state index is 12.5. The topological polar surface area (TPSA) is 80.6 Å². The maximum absolute atomic E-state index is 12.5. The molecule has 7 heteroatoms. The summed E-state index contributed by atoms with van der Waals surface area (Å²) in [4.78, 5) is 0.210. The predicted octanol–water partition coefficient (Wildman–Crippen LogP) is 1.54. The van der Waals surface area contributed by atoms with Crippen molar-refractivity contribution in [3.05, 3.63) is 17.6 Å². The molecular formula is C14H24N2O4S. The second-order valence-electron chi connectivity index (χ2n) is 5.76. The van der Waals surface area contributed by atoms with Crippen LogP contribution in [0.2, 0.25) is 0 Å². The number of ether oxygens (including phenoxy) is 1. The molecule has 1 aliphatic rings. The monoisotopic (exact) mass is 316 g/mol. The van der Waals surface area contributed by atoms with Crippen LogP contribution in [0.1, 0.15) is 38.7 Å². The van der Waals surface area contributed by atoms with E-state index in [9.17, 15) is 8.42 Å². The SMILES string of the molecule is Cc1oc(CNC(C)C)cc1S(=O)(=O)NC1CCOC1C. The largest absolute Gasteiger partial charge is 0.464 e. The molecule has 2 unspecified atom stereocenters. The van der Waals surface area contributed by atoms with Crippen LogP contribution in [0.3, 0.4) is 0 Å². The molecule has 0 aromatic carbocycles. The minimum atomic E-state index is -3.58. The van der Waals surface area contributed by atoms with Crippen LogP contribution in [0.5, 0.6) is 0 Å². The van der Waals surface area contributed by atoms with E-state index < -0.39 is 10.0 Å². The van der Waals surface area contributed by atoms with Crippen LogP contribution < -0.4 is 10.0 Å². The van der Waals surface area contributed by atoms with Crippen LogP contribution >= 0.6 is 0 Å². The minimum absolute atomic E-state index is 0.103. The standard InChI is InChI=1S/C14H24N2O4S/c1-9(2)15-8-12-7-14(11(4)20-12)21(17,18)16-13-5-6-19-10(13)3/h7,9-10,13,15-16H,5-6,8H2,1-4H3. The maximum Gasteiger partial charge on any atom is 0.244 e. The molecule has 0 aliphatic carbocycles. The number of rotatable bonds is 6. The molecule has 1 saturated heterocycles. The molecule has 6 nitrogen and oxygen atoms in total. The Balaban J connectivity index is 2.12. The van der Waals surface area contributed by atoms with Crippen LogP contribution in [0, 0.1) is 6.92 Å². The summed E-state index contributed by atoms with van der Waals surface area (Å²) in [5.41, 5.74) is 0. The molecule has 0 amide bonds. The van der Waals surface area contributed by atoms with E-state index in [0.29, 0.717) is 37.1 Å². The second kappa shape index (κ2) is 6.48. The highest BCUT2D eigenvalue weighted by molar-refractivity contribution is 7.89. The number of nitrogens with one attached hydrogen (secondary N) is 2. The van der Waals surface area contributed by atoms with Gasteiger partial charge in [0, 0.05) is 18.7 Å². The summed E-state index contributed by atoms with van der Waals surface area (Å²) < 4.78 is 38.5. The molecule has 0 spiro atoms. The van der Waals surface area contributed by atoms with Crippen LogP contribution in [-0.2, 0) is 21.3 Å². The number of furan rings is 1. The highest BCUT2D eigenvalue weighted by Gasteiger charge is 2.31. The van der Waals surface area contributed by atoms with Gasteiger partial charge in [0.1, 0.15) is 16.4 Å². The van der Waals surface area contributed by atoms with E-state index in [4.69, 9.17) is 9.15 Å². The van der Waals surface area contributed by atoms with E-state index in [1.807, 2.05) is 20.8 Å². The lowest BCUT2D eigenvalue weighted by Gasteiger charge is -2.15. The molecule has 1 fully saturated rings. The van der Waals surface area contributed by atoms with Crippen molar-refractivity contribution in [1.82, 2.24) is 10.0 Å². The van der Waals surface area contributed by atoms with Crippen LogP contribution in [-0.4, -0.2) is 33.2 Å². The van der Waals surface area contributed by atoms with Gasteiger partial charge in [-0.3, -0.25) is 0 Å². The Labute approximate surface area is 126 Å². The van der Waals surface area contributed by atoms with Crippen molar-refractivity contribution in [2.24, 2.45) is 0 Å². The smallest absolute Gasteiger partial charge is 0.244 e. The Morgan fingerprint density at radius 3 is 2.71 bits per heavy atom. The first-order valence-corrected chi connectivity index (χ1v) is 8.74. The van der Waals surface area contributed by atoms with Gasteiger partial charge in [0.2, 0.25) is 10.0 Å². The number of hydrogen-bond donors (Lipinski definition) is 2. The summed E-state index contributed by atoms with van der Waals surface area (Å²) >= 11 is 0. The van der Waals surface area contributed by atoms with Crippen molar-refractivity contribution in [2.45, 2.75) is 63.7 Å². The third kappa shape index (κ3) is 4.06. The van der Waals surface area contributed by atoms with Gasteiger partial charge in [-0.15, -0.1) is 0 Å². The van der Waals surface area contributed by atoms with Crippen molar-refractivity contribution in [3.63, 3.8) is 0 Å². The van der Waals surface area contributed by atoms with Crippen LogP contribution in [0.25, 0.3) is 0 Å². The van der Waals surface area contributed by atoms with Gasteiger partial charge in [-0.25, -0.2) is 13.1 Å². The summed E-state index contributed by atoms with van der Waals surface area (Å²) in [6, 6.07) is 1.72. The molecule has 120 valence electrons. The molecule has 0 bridgehead atoms.